The number of hydrogen-bond donors (Lipinski definition) is 2. The molecule has 3 aliphatic rings. The average Bonchev–Trinajstić information content (AvgIpc) is 3.06. The van der Waals surface area contributed by atoms with Crippen LogP contribution in [0.25, 0.3) is 22.8 Å². The average molecular weight is 267 g/mol. The van der Waals surface area contributed by atoms with Crippen LogP contribution >= 0.6 is 0 Å². The first-order chi connectivity index (χ1) is 9.74. The Bertz CT molecular complexity index is 829. The molecule has 4 heterocycles. The first-order valence-corrected chi connectivity index (χ1v) is 6.42. The van der Waals surface area contributed by atoms with Gasteiger partial charge in [-0.1, -0.05) is 0 Å². The van der Waals surface area contributed by atoms with E-state index in [0.29, 0.717) is 0 Å². The maximum atomic E-state index is 7.87. The van der Waals surface area contributed by atoms with Gasteiger partial charge in [0, 0.05) is 31.9 Å². The maximum absolute atomic E-state index is 7.87. The molecule has 0 aliphatic carbocycles. The number of aryl methyl sites for hydroxylation is 1. The van der Waals surface area contributed by atoms with Crippen LogP contribution < -0.4 is 10.9 Å². The zero-order chi connectivity index (χ0) is 13.7. The van der Waals surface area contributed by atoms with Crippen molar-refractivity contribution in [2.75, 3.05) is 11.9 Å². The van der Waals surface area contributed by atoms with Crippen LogP contribution in [-0.4, -0.2) is 30.9 Å². The number of nitrogens with one attached hydrogen (secondary N) is 2. The Balaban J connectivity index is 2.07. The van der Waals surface area contributed by atoms with Crippen LogP contribution in [0.2, 0.25) is 0 Å². The van der Waals surface area contributed by atoms with Crippen LogP contribution in [0.3, 0.4) is 0 Å². The predicted molar refractivity (Wildman–Crippen MR) is 73.2 cm³/mol. The largest absolute Gasteiger partial charge is 0.370 e. The minimum absolute atomic E-state index is 0.0292. The molecule has 20 heavy (non-hydrogen) atoms. The van der Waals surface area contributed by atoms with Crippen molar-refractivity contribution in [2.24, 2.45) is 7.05 Å². The fraction of sp³-hybridized carbons (Fsp3) is 0.231. The van der Waals surface area contributed by atoms with Gasteiger partial charge in [0.2, 0.25) is 5.62 Å². The van der Waals surface area contributed by atoms with E-state index in [0.717, 1.165) is 41.7 Å². The Morgan fingerprint density at radius 3 is 2.95 bits per heavy atom. The van der Waals surface area contributed by atoms with E-state index in [9.17, 15) is 0 Å². The molecule has 0 spiro atoms. The van der Waals surface area contributed by atoms with Gasteiger partial charge in [-0.05, 0) is 18.2 Å². The third-order valence-corrected chi connectivity index (χ3v) is 3.58. The van der Waals surface area contributed by atoms with Crippen LogP contribution in [0.15, 0.2) is 24.4 Å². The van der Waals surface area contributed by atoms with Gasteiger partial charge in [-0.2, -0.15) is 10.1 Å². The summed E-state index contributed by atoms with van der Waals surface area (Å²) in [5, 5.41) is 15.3. The lowest BCUT2D eigenvalue weighted by Gasteiger charge is -2.15. The summed E-state index contributed by atoms with van der Waals surface area (Å²) in [5.41, 5.74) is 2.61. The van der Waals surface area contributed by atoms with Gasteiger partial charge in [0.1, 0.15) is 17.3 Å². The minimum atomic E-state index is 0.0292. The number of pyridine rings is 1. The summed E-state index contributed by atoms with van der Waals surface area (Å²) in [6.07, 6.45) is 1.73. The van der Waals surface area contributed by atoms with Gasteiger partial charge < -0.3 is 9.88 Å². The summed E-state index contributed by atoms with van der Waals surface area (Å²) < 4.78 is 3.85. The van der Waals surface area contributed by atoms with E-state index in [2.05, 4.69) is 25.0 Å². The van der Waals surface area contributed by atoms with E-state index in [1.54, 1.807) is 10.9 Å². The second kappa shape index (κ2) is 3.89. The molecule has 0 bridgehead atoms. The molecule has 0 unspecified atom stereocenters. The summed E-state index contributed by atoms with van der Waals surface area (Å²) in [4.78, 5) is 8.59. The summed E-state index contributed by atoms with van der Waals surface area (Å²) in [5.74, 6) is 1.83. The molecule has 0 atom stereocenters. The van der Waals surface area contributed by atoms with Crippen LogP contribution in [0.5, 0.6) is 0 Å². The van der Waals surface area contributed by atoms with Gasteiger partial charge >= 0.3 is 0 Å². The Labute approximate surface area is 114 Å². The second-order valence-electron chi connectivity index (χ2n) is 4.77. The van der Waals surface area contributed by atoms with Gasteiger partial charge in [-0.15, -0.1) is 0 Å². The molecular formula is C13H13N7. The number of nitrogens with zero attached hydrogens (tertiary/aromatic N) is 5. The Morgan fingerprint density at radius 1 is 1.25 bits per heavy atom. The molecule has 0 radical (unpaired) electrons. The number of fused-ring (bicyclic) bond motifs is 3. The highest BCUT2D eigenvalue weighted by molar-refractivity contribution is 5.77. The van der Waals surface area contributed by atoms with Crippen LogP contribution in [0, 0.1) is 5.41 Å². The molecular weight excluding hydrogens is 254 g/mol. The van der Waals surface area contributed by atoms with Crippen molar-refractivity contribution in [2.45, 2.75) is 6.54 Å². The topological polar surface area (TPSA) is 84.4 Å². The van der Waals surface area contributed by atoms with Gasteiger partial charge in [0.15, 0.2) is 0 Å². The Hall–Kier alpha value is -2.70. The SMILES string of the molecule is Cn1nccc1-c1nc(=N)nc2n3c(ccc1-2)NCC3. The second-order valence-corrected chi connectivity index (χ2v) is 4.77. The van der Waals surface area contributed by atoms with Gasteiger partial charge in [0.25, 0.3) is 0 Å². The molecule has 0 fully saturated rings. The van der Waals surface area contributed by atoms with Crippen molar-refractivity contribution in [3.63, 3.8) is 0 Å². The Morgan fingerprint density at radius 2 is 2.15 bits per heavy atom. The summed E-state index contributed by atoms with van der Waals surface area (Å²) in [6.45, 7) is 1.74. The van der Waals surface area contributed by atoms with Gasteiger partial charge in [-0.3, -0.25) is 10.1 Å². The lowest BCUT2D eigenvalue weighted by Crippen LogP contribution is -2.18. The van der Waals surface area contributed by atoms with E-state index in [1.807, 2.05) is 25.2 Å². The highest BCUT2D eigenvalue weighted by atomic mass is 15.3. The fourth-order valence-corrected chi connectivity index (χ4v) is 2.66. The molecule has 7 heteroatoms. The van der Waals surface area contributed by atoms with E-state index in [1.165, 1.54) is 0 Å². The molecule has 1 aromatic heterocycles. The van der Waals surface area contributed by atoms with Crippen molar-refractivity contribution >= 4 is 5.82 Å². The third-order valence-electron chi connectivity index (χ3n) is 3.58. The van der Waals surface area contributed by atoms with Crippen molar-refractivity contribution < 1.29 is 0 Å². The zero-order valence-electron chi connectivity index (χ0n) is 11.0. The van der Waals surface area contributed by atoms with Crippen LogP contribution in [-0.2, 0) is 13.6 Å². The van der Waals surface area contributed by atoms with Crippen molar-refractivity contribution in [3.8, 4) is 22.8 Å². The molecule has 4 rings (SSSR count). The Kier molecular flexibility index (Phi) is 2.17. The number of rotatable bonds is 1. The maximum Gasteiger partial charge on any atom is 0.244 e. The normalized spacial score (nSPS) is 13.4. The molecule has 1 aromatic rings. The fourth-order valence-electron chi connectivity index (χ4n) is 2.66. The molecule has 100 valence electrons. The minimum Gasteiger partial charge on any atom is -0.370 e. The van der Waals surface area contributed by atoms with Crippen molar-refractivity contribution in [1.82, 2.24) is 24.3 Å². The highest BCUT2D eigenvalue weighted by Gasteiger charge is 2.21. The predicted octanol–water partition coefficient (Wildman–Crippen LogP) is 0.688. The summed E-state index contributed by atoms with van der Waals surface area (Å²) in [7, 11) is 1.87. The molecule has 3 aliphatic heterocycles. The quantitative estimate of drug-likeness (QED) is 0.679. The van der Waals surface area contributed by atoms with Gasteiger partial charge in [0.05, 0.1) is 5.69 Å². The number of anilines is 1. The monoisotopic (exact) mass is 267 g/mol. The molecule has 0 amide bonds. The lowest BCUT2D eigenvalue weighted by atomic mass is 10.1. The first-order valence-electron chi connectivity index (χ1n) is 6.42. The number of hydrogen-bond acceptors (Lipinski definition) is 5. The summed E-state index contributed by atoms with van der Waals surface area (Å²) in [6, 6.07) is 5.93. The van der Waals surface area contributed by atoms with E-state index >= 15 is 0 Å². The van der Waals surface area contributed by atoms with Crippen LogP contribution in [0.4, 0.5) is 5.82 Å². The summed E-state index contributed by atoms with van der Waals surface area (Å²) >= 11 is 0. The molecule has 0 saturated carbocycles. The molecule has 0 saturated heterocycles. The zero-order valence-corrected chi connectivity index (χ0v) is 11.0. The van der Waals surface area contributed by atoms with Crippen LogP contribution in [0.1, 0.15) is 0 Å². The van der Waals surface area contributed by atoms with E-state index in [-0.39, 0.29) is 5.62 Å². The lowest BCUT2D eigenvalue weighted by molar-refractivity contribution is 0.761. The van der Waals surface area contributed by atoms with Crippen molar-refractivity contribution in [3.05, 3.63) is 30.0 Å². The van der Waals surface area contributed by atoms with Crippen molar-refractivity contribution in [1.29, 1.82) is 5.41 Å². The molecule has 0 aromatic carbocycles. The van der Waals surface area contributed by atoms with Gasteiger partial charge in [-0.25, -0.2) is 4.98 Å². The third kappa shape index (κ3) is 1.46. The highest BCUT2D eigenvalue weighted by Crippen LogP contribution is 2.32. The van der Waals surface area contributed by atoms with E-state index < -0.39 is 0 Å². The first kappa shape index (κ1) is 11.2. The number of aromatic nitrogens is 5. The van der Waals surface area contributed by atoms with E-state index in [4.69, 9.17) is 5.41 Å². The molecule has 7 nitrogen and oxygen atoms in total. The standard InChI is InChI=1S/C13H13N7/c1-19-9(4-5-16-19)11-8-2-3-10-15-6-7-20(10)12(8)18-13(14)17-11/h2-5,14-15H,6-7H2,1H3. The molecule has 2 N–H and O–H groups in total. The smallest absolute Gasteiger partial charge is 0.244 e.